The first-order valence-corrected chi connectivity index (χ1v) is 10.00. The van der Waals surface area contributed by atoms with Gasteiger partial charge in [0, 0.05) is 49.0 Å². The van der Waals surface area contributed by atoms with Crippen LogP contribution in [0.25, 0.3) is 0 Å². The highest BCUT2D eigenvalue weighted by Gasteiger charge is 2.22. The van der Waals surface area contributed by atoms with Crippen LogP contribution in [-0.2, 0) is 17.8 Å². The third kappa shape index (κ3) is 4.94. The summed E-state index contributed by atoms with van der Waals surface area (Å²) in [7, 11) is 0. The summed E-state index contributed by atoms with van der Waals surface area (Å²) in [6.45, 7) is 10.3. The van der Waals surface area contributed by atoms with E-state index in [-0.39, 0.29) is 6.09 Å². The van der Waals surface area contributed by atoms with Crippen molar-refractivity contribution < 1.29 is 9.53 Å². The van der Waals surface area contributed by atoms with E-state index in [2.05, 4.69) is 21.9 Å². The Kier molecular flexibility index (Phi) is 6.51. The first-order chi connectivity index (χ1) is 11.7. The molecule has 0 bridgehead atoms. The van der Waals surface area contributed by atoms with Gasteiger partial charge in [-0.25, -0.2) is 4.79 Å². The third-order valence-corrected chi connectivity index (χ3v) is 5.88. The van der Waals surface area contributed by atoms with Crippen molar-refractivity contribution in [2.45, 2.75) is 39.3 Å². The Labute approximate surface area is 149 Å². The van der Waals surface area contributed by atoms with Gasteiger partial charge in [-0.2, -0.15) is 0 Å². The maximum absolute atomic E-state index is 11.7. The van der Waals surface area contributed by atoms with Crippen LogP contribution < -0.4 is 0 Å². The van der Waals surface area contributed by atoms with Crippen LogP contribution in [0.15, 0.2) is 12.1 Å². The lowest BCUT2D eigenvalue weighted by molar-refractivity contribution is 0.0781. The van der Waals surface area contributed by atoms with Crippen molar-refractivity contribution in [3.05, 3.63) is 21.9 Å². The molecule has 0 radical (unpaired) electrons. The molecule has 0 N–H and O–H groups in total. The van der Waals surface area contributed by atoms with E-state index in [0.717, 1.165) is 39.3 Å². The Hall–Kier alpha value is -1.11. The fourth-order valence-electron chi connectivity index (χ4n) is 3.45. The predicted octanol–water partition coefficient (Wildman–Crippen LogP) is 3.01. The summed E-state index contributed by atoms with van der Waals surface area (Å²) in [5.41, 5.74) is 0. The van der Waals surface area contributed by atoms with Gasteiger partial charge in [-0.1, -0.05) is 6.42 Å². The van der Waals surface area contributed by atoms with Crippen LogP contribution in [0, 0.1) is 0 Å². The molecule has 1 amide bonds. The van der Waals surface area contributed by atoms with E-state index in [0.29, 0.717) is 6.61 Å². The Morgan fingerprint density at radius 1 is 0.958 bits per heavy atom. The van der Waals surface area contributed by atoms with Crippen LogP contribution in [0.1, 0.15) is 35.9 Å². The molecule has 24 heavy (non-hydrogen) atoms. The number of ether oxygens (including phenoxy) is 1. The summed E-state index contributed by atoms with van der Waals surface area (Å²) < 4.78 is 5.08. The van der Waals surface area contributed by atoms with Crippen LogP contribution in [0.3, 0.4) is 0 Å². The Balaban J connectivity index is 1.43. The monoisotopic (exact) mass is 351 g/mol. The lowest BCUT2D eigenvalue weighted by atomic mass is 10.1. The molecule has 0 unspecified atom stereocenters. The van der Waals surface area contributed by atoms with E-state index in [1.807, 2.05) is 23.2 Å². The molecule has 2 aliphatic rings. The zero-order valence-electron chi connectivity index (χ0n) is 14.7. The maximum Gasteiger partial charge on any atom is 0.409 e. The van der Waals surface area contributed by atoms with Crippen molar-refractivity contribution in [3.8, 4) is 0 Å². The number of hydrogen-bond acceptors (Lipinski definition) is 5. The molecule has 0 saturated carbocycles. The van der Waals surface area contributed by atoms with Gasteiger partial charge in [-0.05, 0) is 45.0 Å². The zero-order valence-corrected chi connectivity index (χ0v) is 15.5. The molecule has 2 saturated heterocycles. The molecule has 1 aromatic heterocycles. The van der Waals surface area contributed by atoms with Crippen LogP contribution in [0.4, 0.5) is 4.79 Å². The van der Waals surface area contributed by atoms with Crippen molar-refractivity contribution in [1.82, 2.24) is 14.7 Å². The van der Waals surface area contributed by atoms with Crippen molar-refractivity contribution in [3.63, 3.8) is 0 Å². The Morgan fingerprint density at radius 2 is 1.54 bits per heavy atom. The lowest BCUT2D eigenvalue weighted by Gasteiger charge is -2.33. The fraction of sp³-hybridized carbons (Fsp3) is 0.722. The molecule has 2 aliphatic heterocycles. The van der Waals surface area contributed by atoms with Crippen molar-refractivity contribution in [2.75, 3.05) is 45.9 Å². The summed E-state index contributed by atoms with van der Waals surface area (Å²) in [4.78, 5) is 21.5. The third-order valence-electron chi connectivity index (χ3n) is 4.82. The molecule has 0 atom stereocenters. The second kappa shape index (κ2) is 8.83. The second-order valence-electron chi connectivity index (χ2n) is 6.67. The Morgan fingerprint density at radius 3 is 2.12 bits per heavy atom. The summed E-state index contributed by atoms with van der Waals surface area (Å²) in [6.07, 6.45) is 3.92. The number of rotatable bonds is 5. The fourth-order valence-corrected chi connectivity index (χ4v) is 4.56. The topological polar surface area (TPSA) is 36.0 Å². The van der Waals surface area contributed by atoms with E-state index in [1.165, 1.54) is 42.1 Å². The molecule has 134 valence electrons. The van der Waals surface area contributed by atoms with E-state index < -0.39 is 0 Å². The molecule has 5 nitrogen and oxygen atoms in total. The molecular weight excluding hydrogens is 322 g/mol. The quantitative estimate of drug-likeness (QED) is 0.817. The first-order valence-electron chi connectivity index (χ1n) is 9.18. The molecule has 2 fully saturated rings. The molecular formula is C18H29N3O2S. The van der Waals surface area contributed by atoms with E-state index >= 15 is 0 Å². The largest absolute Gasteiger partial charge is 0.450 e. The summed E-state index contributed by atoms with van der Waals surface area (Å²) in [5, 5.41) is 0. The van der Waals surface area contributed by atoms with Gasteiger partial charge in [0.05, 0.1) is 6.61 Å². The molecule has 3 rings (SSSR count). The minimum absolute atomic E-state index is 0.169. The number of piperazine rings is 1. The number of likely N-dealkylation sites (tertiary alicyclic amines) is 1. The number of nitrogens with zero attached hydrogens (tertiary/aromatic N) is 3. The van der Waals surface area contributed by atoms with E-state index in [4.69, 9.17) is 4.74 Å². The van der Waals surface area contributed by atoms with E-state index in [1.54, 1.807) is 0 Å². The number of piperidine rings is 1. The van der Waals surface area contributed by atoms with E-state index in [9.17, 15) is 4.79 Å². The molecule has 3 heterocycles. The standard InChI is InChI=1S/C18H29N3O2S/c1-2-23-18(22)21-12-10-20(11-13-21)15-17-7-6-16(24-17)14-19-8-4-3-5-9-19/h6-7H,2-5,8-15H2,1H3. The average molecular weight is 352 g/mol. The second-order valence-corrected chi connectivity index (χ2v) is 7.92. The number of carbonyl (C=O) groups is 1. The molecule has 0 aliphatic carbocycles. The number of hydrogen-bond donors (Lipinski definition) is 0. The maximum atomic E-state index is 11.7. The summed E-state index contributed by atoms with van der Waals surface area (Å²) in [6, 6.07) is 4.57. The van der Waals surface area contributed by atoms with Gasteiger partial charge in [0.1, 0.15) is 0 Å². The van der Waals surface area contributed by atoms with Gasteiger partial charge in [-0.3, -0.25) is 9.80 Å². The lowest BCUT2D eigenvalue weighted by Crippen LogP contribution is -2.48. The van der Waals surface area contributed by atoms with Crippen LogP contribution in [-0.4, -0.2) is 66.7 Å². The minimum Gasteiger partial charge on any atom is -0.450 e. The van der Waals surface area contributed by atoms with Gasteiger partial charge < -0.3 is 9.64 Å². The van der Waals surface area contributed by atoms with Crippen molar-refractivity contribution >= 4 is 17.4 Å². The van der Waals surface area contributed by atoms with Gasteiger partial charge in [0.15, 0.2) is 0 Å². The molecule has 6 heteroatoms. The normalized spacial score (nSPS) is 20.3. The SMILES string of the molecule is CCOC(=O)N1CCN(Cc2ccc(CN3CCCCC3)s2)CC1. The summed E-state index contributed by atoms with van der Waals surface area (Å²) in [5.74, 6) is 0. The predicted molar refractivity (Wildman–Crippen MR) is 97.3 cm³/mol. The van der Waals surface area contributed by atoms with Crippen LogP contribution in [0.5, 0.6) is 0 Å². The smallest absolute Gasteiger partial charge is 0.409 e. The molecule has 0 aromatic carbocycles. The van der Waals surface area contributed by atoms with Gasteiger partial charge in [0.25, 0.3) is 0 Å². The first kappa shape index (κ1) is 17.7. The van der Waals surface area contributed by atoms with Crippen molar-refractivity contribution in [2.24, 2.45) is 0 Å². The minimum atomic E-state index is -0.169. The highest BCUT2D eigenvalue weighted by molar-refractivity contribution is 7.11. The summed E-state index contributed by atoms with van der Waals surface area (Å²) >= 11 is 1.95. The van der Waals surface area contributed by atoms with Gasteiger partial charge in [-0.15, -0.1) is 11.3 Å². The highest BCUT2D eigenvalue weighted by atomic mass is 32.1. The van der Waals surface area contributed by atoms with Crippen LogP contribution >= 0.6 is 11.3 Å². The van der Waals surface area contributed by atoms with Gasteiger partial charge >= 0.3 is 6.09 Å². The average Bonchev–Trinajstić information content (AvgIpc) is 3.03. The number of amides is 1. The van der Waals surface area contributed by atoms with Gasteiger partial charge in [0.2, 0.25) is 0 Å². The number of thiophene rings is 1. The molecule has 0 spiro atoms. The zero-order chi connectivity index (χ0) is 16.8. The van der Waals surface area contributed by atoms with Crippen LogP contribution in [0.2, 0.25) is 0 Å². The van der Waals surface area contributed by atoms with Crippen molar-refractivity contribution in [1.29, 1.82) is 0 Å². The molecule has 1 aromatic rings. The Bertz CT molecular complexity index is 520. The number of carbonyl (C=O) groups excluding carboxylic acids is 1. The highest BCUT2D eigenvalue weighted by Crippen LogP contribution is 2.22.